The van der Waals surface area contributed by atoms with Crippen LogP contribution in [0.4, 0.5) is 26.6 Å². The summed E-state index contributed by atoms with van der Waals surface area (Å²) in [5, 5.41) is 3.13. The van der Waals surface area contributed by atoms with Crippen molar-refractivity contribution in [3.05, 3.63) is 59.2 Å². The van der Waals surface area contributed by atoms with E-state index in [2.05, 4.69) is 25.2 Å². The molecule has 0 spiro atoms. The van der Waals surface area contributed by atoms with Crippen molar-refractivity contribution in [1.29, 1.82) is 0 Å². The molecule has 42 heavy (non-hydrogen) atoms. The second kappa shape index (κ2) is 12.8. The molecule has 3 aromatic rings. The van der Waals surface area contributed by atoms with Crippen LogP contribution in [-0.2, 0) is 17.7 Å². The molecule has 1 amide bonds. The van der Waals surface area contributed by atoms with Gasteiger partial charge < -0.3 is 20.7 Å². The van der Waals surface area contributed by atoms with E-state index in [1.807, 2.05) is 52.8 Å². The van der Waals surface area contributed by atoms with Gasteiger partial charge in [0, 0.05) is 74.9 Å². The molecule has 11 heteroatoms. The van der Waals surface area contributed by atoms with Crippen LogP contribution in [0.25, 0.3) is 11.3 Å². The Bertz CT molecular complexity index is 1470. The summed E-state index contributed by atoms with van der Waals surface area (Å²) in [5.74, 6) is 0.447. The standard InChI is InChI=1S/C31H41FN8O2/c1-19(2)27(34-6)22-16-20(8-10-24(22)33)28-23(32)17-35-29(38-28)37-26-11-9-21-18-40(13-12-25(21)36-26)15-14-39(7)30(41)42-31(3,4)5/h8-11,16-17,19H,12-15,18,33H2,1-7H3,(H,35,36,37,38). The monoisotopic (exact) mass is 576 g/mol. The highest BCUT2D eigenvalue weighted by Crippen LogP contribution is 2.28. The Hall–Kier alpha value is -4.12. The molecule has 2 aromatic heterocycles. The number of hydrogen-bond donors (Lipinski definition) is 2. The van der Waals surface area contributed by atoms with Crippen molar-refractivity contribution in [1.82, 2.24) is 24.8 Å². The second-order valence-electron chi connectivity index (χ2n) is 11.8. The number of likely N-dealkylation sites (N-methyl/N-ethyl adjacent to an activating group) is 1. The van der Waals surface area contributed by atoms with E-state index in [9.17, 15) is 9.18 Å². The van der Waals surface area contributed by atoms with Crippen LogP contribution in [-0.4, -0.2) is 75.9 Å². The molecule has 3 heterocycles. The molecule has 10 nitrogen and oxygen atoms in total. The zero-order valence-electron chi connectivity index (χ0n) is 25.5. The Morgan fingerprint density at radius 1 is 1.24 bits per heavy atom. The predicted molar refractivity (Wildman–Crippen MR) is 165 cm³/mol. The third-order valence-electron chi connectivity index (χ3n) is 6.96. The number of aliphatic imine (C=N–C) groups is 1. The van der Waals surface area contributed by atoms with Crippen molar-refractivity contribution >= 4 is 29.3 Å². The number of nitrogens with one attached hydrogen (secondary N) is 1. The summed E-state index contributed by atoms with van der Waals surface area (Å²) in [7, 11) is 3.48. The van der Waals surface area contributed by atoms with E-state index in [1.165, 1.54) is 0 Å². The molecule has 0 radical (unpaired) electrons. The number of nitrogens with zero attached hydrogens (tertiary/aromatic N) is 6. The predicted octanol–water partition coefficient (Wildman–Crippen LogP) is 5.30. The summed E-state index contributed by atoms with van der Waals surface area (Å²) in [6.45, 7) is 12.5. The summed E-state index contributed by atoms with van der Waals surface area (Å²) in [6.07, 6.45) is 1.60. The van der Waals surface area contributed by atoms with Crippen LogP contribution in [0.5, 0.6) is 0 Å². The van der Waals surface area contributed by atoms with Gasteiger partial charge in [-0.1, -0.05) is 26.0 Å². The lowest BCUT2D eigenvalue weighted by Gasteiger charge is -2.30. The number of nitrogen functional groups attached to an aromatic ring is 1. The molecular formula is C31H41FN8O2. The smallest absolute Gasteiger partial charge is 0.410 e. The topological polar surface area (TPSA) is 122 Å². The first-order valence-corrected chi connectivity index (χ1v) is 14.2. The zero-order chi connectivity index (χ0) is 30.6. The number of hydrogen-bond acceptors (Lipinski definition) is 9. The average Bonchev–Trinajstić information content (AvgIpc) is 2.93. The van der Waals surface area contributed by atoms with Gasteiger partial charge in [0.1, 0.15) is 17.1 Å². The number of aromatic nitrogens is 3. The number of halogens is 1. The number of fused-ring (bicyclic) bond motifs is 1. The Morgan fingerprint density at radius 2 is 2.00 bits per heavy atom. The van der Waals surface area contributed by atoms with Gasteiger partial charge in [-0.2, -0.15) is 0 Å². The molecule has 224 valence electrons. The van der Waals surface area contributed by atoms with Gasteiger partial charge in [0.05, 0.1) is 6.20 Å². The van der Waals surface area contributed by atoms with E-state index < -0.39 is 11.4 Å². The van der Waals surface area contributed by atoms with E-state index in [1.54, 1.807) is 31.1 Å². The highest BCUT2D eigenvalue weighted by molar-refractivity contribution is 6.06. The Labute approximate surface area is 247 Å². The maximum absolute atomic E-state index is 14.9. The summed E-state index contributed by atoms with van der Waals surface area (Å²) in [4.78, 5) is 33.9. The van der Waals surface area contributed by atoms with Crippen LogP contribution in [0.1, 0.15) is 51.4 Å². The van der Waals surface area contributed by atoms with E-state index in [0.717, 1.165) is 54.8 Å². The van der Waals surface area contributed by atoms with Gasteiger partial charge in [-0.05, 0) is 50.5 Å². The number of nitrogens with two attached hydrogens (primary N) is 1. The van der Waals surface area contributed by atoms with Crippen LogP contribution in [0.2, 0.25) is 0 Å². The lowest BCUT2D eigenvalue weighted by atomic mass is 9.95. The first-order valence-electron chi connectivity index (χ1n) is 14.2. The van der Waals surface area contributed by atoms with E-state index in [-0.39, 0.29) is 23.7 Å². The average molecular weight is 577 g/mol. The lowest BCUT2D eigenvalue weighted by molar-refractivity contribution is 0.0280. The Morgan fingerprint density at radius 3 is 2.69 bits per heavy atom. The molecule has 0 saturated carbocycles. The summed E-state index contributed by atoms with van der Waals surface area (Å²) < 4.78 is 20.3. The minimum absolute atomic E-state index is 0.153. The SMILES string of the molecule is CN=C(c1cc(-c2nc(Nc3ccc4c(n3)CCN(CCN(C)C(=O)OC(C)(C)C)C4)ncc2F)ccc1N)C(C)C. The first-order chi connectivity index (χ1) is 19.8. The molecule has 1 aromatic carbocycles. The fourth-order valence-corrected chi connectivity index (χ4v) is 4.82. The van der Waals surface area contributed by atoms with E-state index >= 15 is 0 Å². The quantitative estimate of drug-likeness (QED) is 0.274. The molecule has 0 atom stereocenters. The van der Waals surface area contributed by atoms with Crippen LogP contribution in [0, 0.1) is 11.7 Å². The highest BCUT2D eigenvalue weighted by atomic mass is 19.1. The summed E-state index contributed by atoms with van der Waals surface area (Å²) in [5.41, 5.74) is 10.8. The molecule has 1 aliphatic heterocycles. The van der Waals surface area contributed by atoms with Crippen LogP contribution in [0.3, 0.4) is 0 Å². The zero-order valence-corrected chi connectivity index (χ0v) is 25.5. The fraction of sp³-hybridized carbons (Fsp3) is 0.452. The highest BCUT2D eigenvalue weighted by Gasteiger charge is 2.22. The minimum Gasteiger partial charge on any atom is -0.444 e. The third-order valence-corrected chi connectivity index (χ3v) is 6.96. The fourth-order valence-electron chi connectivity index (χ4n) is 4.82. The van der Waals surface area contributed by atoms with Crippen molar-refractivity contribution in [2.24, 2.45) is 10.9 Å². The molecule has 0 saturated heterocycles. The number of rotatable bonds is 8. The van der Waals surface area contributed by atoms with Gasteiger partial charge in [0.15, 0.2) is 5.82 Å². The van der Waals surface area contributed by atoms with E-state index in [4.69, 9.17) is 15.5 Å². The molecule has 4 rings (SSSR count). The maximum atomic E-state index is 14.9. The van der Waals surface area contributed by atoms with Crippen LogP contribution < -0.4 is 11.1 Å². The molecule has 1 aliphatic rings. The molecule has 3 N–H and O–H groups in total. The van der Waals surface area contributed by atoms with E-state index in [0.29, 0.717) is 23.6 Å². The van der Waals surface area contributed by atoms with Crippen molar-refractivity contribution in [2.45, 2.75) is 53.2 Å². The number of benzene rings is 1. The largest absolute Gasteiger partial charge is 0.444 e. The van der Waals surface area contributed by atoms with Crippen LogP contribution in [0.15, 0.2) is 41.5 Å². The minimum atomic E-state index is -0.536. The van der Waals surface area contributed by atoms with Crippen molar-refractivity contribution < 1.29 is 13.9 Å². The summed E-state index contributed by atoms with van der Waals surface area (Å²) in [6, 6.07) is 9.21. The van der Waals surface area contributed by atoms with Gasteiger partial charge in [-0.3, -0.25) is 9.89 Å². The maximum Gasteiger partial charge on any atom is 0.410 e. The number of carbonyl (C=O) groups excluding carboxylic acids is 1. The first kappa shape index (κ1) is 30.8. The summed E-state index contributed by atoms with van der Waals surface area (Å²) >= 11 is 0. The Kier molecular flexibility index (Phi) is 9.40. The van der Waals surface area contributed by atoms with Gasteiger partial charge in [0.2, 0.25) is 5.95 Å². The Balaban J connectivity index is 1.44. The van der Waals surface area contributed by atoms with Crippen molar-refractivity contribution in [2.75, 3.05) is 44.8 Å². The van der Waals surface area contributed by atoms with Gasteiger partial charge in [0.25, 0.3) is 0 Å². The molecular weight excluding hydrogens is 535 g/mol. The number of ether oxygens (including phenoxy) is 1. The number of pyridine rings is 1. The molecule has 0 aliphatic carbocycles. The normalized spacial score (nSPS) is 14.1. The van der Waals surface area contributed by atoms with Gasteiger partial charge in [-0.25, -0.2) is 24.1 Å². The molecule has 0 fully saturated rings. The number of amides is 1. The van der Waals surface area contributed by atoms with Gasteiger partial charge in [-0.15, -0.1) is 0 Å². The second-order valence-corrected chi connectivity index (χ2v) is 11.8. The third kappa shape index (κ3) is 7.58. The number of carbonyl (C=O) groups is 1. The van der Waals surface area contributed by atoms with Crippen molar-refractivity contribution in [3.8, 4) is 11.3 Å². The lowest BCUT2D eigenvalue weighted by Crippen LogP contribution is -2.40. The van der Waals surface area contributed by atoms with Crippen molar-refractivity contribution in [3.63, 3.8) is 0 Å². The van der Waals surface area contributed by atoms with Crippen LogP contribution >= 0.6 is 0 Å². The molecule has 0 unspecified atom stereocenters. The van der Waals surface area contributed by atoms with Gasteiger partial charge >= 0.3 is 6.09 Å². The number of anilines is 3. The molecule has 0 bridgehead atoms.